The Morgan fingerprint density at radius 1 is 1.20 bits per heavy atom. The number of benzene rings is 1. The maximum atomic E-state index is 11.4. The number of hydrogen-bond acceptors (Lipinski definition) is 2. The van der Waals surface area contributed by atoms with Crippen LogP contribution >= 0.6 is 12.6 Å². The molecule has 2 nitrogen and oxygen atoms in total. The molecule has 0 spiro atoms. The minimum atomic E-state index is -0.688. The summed E-state index contributed by atoms with van der Waals surface area (Å²) in [5.74, 6) is -0.688. The number of hydrogen-bond donors (Lipinski definition) is 2. The molecule has 0 heterocycles. The van der Waals surface area contributed by atoms with Gasteiger partial charge >= 0.3 is 5.97 Å². The maximum Gasteiger partial charge on any atom is 0.314 e. The normalized spacial score (nSPS) is 19.0. The first-order chi connectivity index (χ1) is 7.15. The lowest BCUT2D eigenvalue weighted by Gasteiger charge is -2.24. The molecule has 1 fully saturated rings. The van der Waals surface area contributed by atoms with E-state index < -0.39 is 11.4 Å². The van der Waals surface area contributed by atoms with Crippen LogP contribution in [0.25, 0.3) is 0 Å². The van der Waals surface area contributed by atoms with Crippen molar-refractivity contribution in [1.82, 2.24) is 0 Å². The summed E-state index contributed by atoms with van der Waals surface area (Å²) < 4.78 is 0. The molecule has 15 heavy (non-hydrogen) atoms. The van der Waals surface area contributed by atoms with Gasteiger partial charge in [-0.1, -0.05) is 25.0 Å². The van der Waals surface area contributed by atoms with Crippen molar-refractivity contribution in [3.05, 3.63) is 29.8 Å². The number of thiol groups is 1. The van der Waals surface area contributed by atoms with Gasteiger partial charge in [0.15, 0.2) is 0 Å². The molecule has 2 rings (SSSR count). The minimum absolute atomic E-state index is 0.637. The topological polar surface area (TPSA) is 37.3 Å². The van der Waals surface area contributed by atoms with E-state index in [-0.39, 0.29) is 0 Å². The van der Waals surface area contributed by atoms with Gasteiger partial charge in [0.1, 0.15) is 0 Å². The number of carbonyl (C=O) groups is 1. The molecular formula is C12H14O2S. The number of carboxylic acid groups (broad SMARTS) is 1. The standard InChI is InChI=1S/C12H14O2S/c13-11(14)12(7-1-2-8-12)9-3-5-10(15)6-4-9/h3-6,15H,1-2,7-8H2,(H,13,14). The van der Waals surface area contributed by atoms with Gasteiger partial charge in [-0.3, -0.25) is 4.79 Å². The highest BCUT2D eigenvalue weighted by Crippen LogP contribution is 2.41. The molecular weight excluding hydrogens is 208 g/mol. The molecule has 1 aliphatic carbocycles. The van der Waals surface area contributed by atoms with E-state index in [4.69, 9.17) is 0 Å². The van der Waals surface area contributed by atoms with Gasteiger partial charge in [-0.25, -0.2) is 0 Å². The second kappa shape index (κ2) is 3.89. The van der Waals surface area contributed by atoms with Crippen LogP contribution in [-0.4, -0.2) is 11.1 Å². The highest BCUT2D eigenvalue weighted by atomic mass is 32.1. The van der Waals surface area contributed by atoms with Crippen molar-refractivity contribution in [2.24, 2.45) is 0 Å². The molecule has 0 bridgehead atoms. The molecule has 3 heteroatoms. The Morgan fingerprint density at radius 3 is 2.20 bits per heavy atom. The van der Waals surface area contributed by atoms with E-state index in [1.165, 1.54) is 0 Å². The zero-order chi connectivity index (χ0) is 10.9. The van der Waals surface area contributed by atoms with Gasteiger partial charge in [-0.05, 0) is 30.5 Å². The van der Waals surface area contributed by atoms with Gasteiger partial charge in [0.05, 0.1) is 5.41 Å². The molecule has 1 aromatic rings. The lowest BCUT2D eigenvalue weighted by molar-refractivity contribution is -0.143. The van der Waals surface area contributed by atoms with Crippen LogP contribution in [0.1, 0.15) is 31.2 Å². The summed E-state index contributed by atoms with van der Waals surface area (Å²) in [6.07, 6.45) is 3.53. The monoisotopic (exact) mass is 222 g/mol. The summed E-state index contributed by atoms with van der Waals surface area (Å²) in [5.41, 5.74) is 0.284. The molecule has 0 amide bonds. The van der Waals surface area contributed by atoms with Crippen LogP contribution in [0.15, 0.2) is 29.2 Å². The fourth-order valence-corrected chi connectivity index (χ4v) is 2.53. The Bertz CT molecular complexity index is 364. The van der Waals surface area contributed by atoms with Crippen LogP contribution in [-0.2, 0) is 10.2 Å². The maximum absolute atomic E-state index is 11.4. The average molecular weight is 222 g/mol. The van der Waals surface area contributed by atoms with E-state index in [0.717, 1.165) is 36.1 Å². The molecule has 1 aromatic carbocycles. The van der Waals surface area contributed by atoms with Crippen LogP contribution in [0.4, 0.5) is 0 Å². The third-order valence-corrected chi connectivity index (χ3v) is 3.58. The Kier molecular flexibility index (Phi) is 2.74. The third kappa shape index (κ3) is 1.76. The number of aliphatic carboxylic acids is 1. The van der Waals surface area contributed by atoms with Crippen LogP contribution in [0, 0.1) is 0 Å². The smallest absolute Gasteiger partial charge is 0.314 e. The molecule has 0 aromatic heterocycles. The first-order valence-corrected chi connectivity index (χ1v) is 5.63. The molecule has 0 saturated heterocycles. The van der Waals surface area contributed by atoms with Gasteiger partial charge in [0.25, 0.3) is 0 Å². The molecule has 0 atom stereocenters. The van der Waals surface area contributed by atoms with E-state index in [0.29, 0.717) is 0 Å². The predicted molar refractivity (Wildman–Crippen MR) is 61.5 cm³/mol. The Balaban J connectivity index is 2.41. The van der Waals surface area contributed by atoms with Gasteiger partial charge in [0, 0.05) is 4.90 Å². The van der Waals surface area contributed by atoms with Crippen LogP contribution in [0.5, 0.6) is 0 Å². The lowest BCUT2D eigenvalue weighted by Crippen LogP contribution is -2.32. The van der Waals surface area contributed by atoms with E-state index in [1.807, 2.05) is 24.3 Å². The van der Waals surface area contributed by atoms with Crippen molar-refractivity contribution >= 4 is 18.6 Å². The van der Waals surface area contributed by atoms with Gasteiger partial charge in [0.2, 0.25) is 0 Å². The molecule has 1 aliphatic rings. The van der Waals surface area contributed by atoms with E-state index in [2.05, 4.69) is 12.6 Å². The van der Waals surface area contributed by atoms with Crippen molar-refractivity contribution in [2.75, 3.05) is 0 Å². The second-order valence-corrected chi connectivity index (χ2v) is 4.66. The fourth-order valence-electron chi connectivity index (χ4n) is 2.39. The Labute approximate surface area is 94.7 Å². The molecule has 1 N–H and O–H groups in total. The Morgan fingerprint density at radius 2 is 1.73 bits per heavy atom. The van der Waals surface area contributed by atoms with Crippen molar-refractivity contribution in [1.29, 1.82) is 0 Å². The lowest BCUT2D eigenvalue weighted by atomic mass is 9.79. The first-order valence-electron chi connectivity index (χ1n) is 5.18. The predicted octanol–water partition coefficient (Wildman–Crippen LogP) is 2.87. The molecule has 80 valence electrons. The summed E-state index contributed by atoms with van der Waals surface area (Å²) in [7, 11) is 0. The van der Waals surface area contributed by atoms with Crippen molar-refractivity contribution in [3.63, 3.8) is 0 Å². The van der Waals surface area contributed by atoms with Crippen LogP contribution < -0.4 is 0 Å². The highest BCUT2D eigenvalue weighted by Gasteiger charge is 2.42. The summed E-state index contributed by atoms with van der Waals surface area (Å²) in [5, 5.41) is 9.37. The van der Waals surface area contributed by atoms with Crippen molar-refractivity contribution in [3.8, 4) is 0 Å². The van der Waals surface area contributed by atoms with Gasteiger partial charge in [-0.15, -0.1) is 12.6 Å². The molecule has 0 radical (unpaired) electrons. The Hall–Kier alpha value is -0.960. The number of carboxylic acids is 1. The third-order valence-electron chi connectivity index (χ3n) is 3.29. The van der Waals surface area contributed by atoms with Crippen LogP contribution in [0.2, 0.25) is 0 Å². The molecule has 1 saturated carbocycles. The van der Waals surface area contributed by atoms with Gasteiger partial charge < -0.3 is 5.11 Å². The van der Waals surface area contributed by atoms with Crippen molar-refractivity contribution < 1.29 is 9.90 Å². The van der Waals surface area contributed by atoms with E-state index in [1.54, 1.807) is 0 Å². The zero-order valence-electron chi connectivity index (χ0n) is 8.44. The summed E-state index contributed by atoms with van der Waals surface area (Å²) in [6.45, 7) is 0. The minimum Gasteiger partial charge on any atom is -0.481 e. The SMILES string of the molecule is O=C(O)C1(c2ccc(S)cc2)CCCC1. The van der Waals surface area contributed by atoms with E-state index >= 15 is 0 Å². The quantitative estimate of drug-likeness (QED) is 0.755. The highest BCUT2D eigenvalue weighted by molar-refractivity contribution is 7.80. The average Bonchev–Trinajstić information content (AvgIpc) is 2.69. The largest absolute Gasteiger partial charge is 0.481 e. The van der Waals surface area contributed by atoms with Crippen LogP contribution in [0.3, 0.4) is 0 Å². The fraction of sp³-hybridized carbons (Fsp3) is 0.417. The first kappa shape index (κ1) is 10.6. The van der Waals surface area contributed by atoms with Gasteiger partial charge in [-0.2, -0.15) is 0 Å². The summed E-state index contributed by atoms with van der Waals surface area (Å²) >= 11 is 4.21. The second-order valence-electron chi connectivity index (χ2n) is 4.14. The summed E-state index contributed by atoms with van der Waals surface area (Å²) in [6, 6.07) is 7.51. The van der Waals surface area contributed by atoms with E-state index in [9.17, 15) is 9.90 Å². The summed E-state index contributed by atoms with van der Waals surface area (Å²) in [4.78, 5) is 12.3. The van der Waals surface area contributed by atoms with Crippen molar-refractivity contribution in [2.45, 2.75) is 36.0 Å². The molecule has 0 unspecified atom stereocenters. The number of rotatable bonds is 2. The zero-order valence-corrected chi connectivity index (χ0v) is 9.33. The molecule has 0 aliphatic heterocycles.